The summed E-state index contributed by atoms with van der Waals surface area (Å²) in [7, 11) is 0. The van der Waals surface area contributed by atoms with Crippen molar-refractivity contribution in [1.29, 1.82) is 0 Å². The van der Waals surface area contributed by atoms with Crippen LogP contribution in [0.3, 0.4) is 0 Å². The third kappa shape index (κ3) is 4.51. The molecular weight excluding hydrogens is 258 g/mol. The molecule has 0 fully saturated rings. The average Bonchev–Trinajstić information content (AvgIpc) is 2.50. The number of nitrogens with one attached hydrogen (secondary N) is 1. The van der Waals surface area contributed by atoms with Crippen LogP contribution >= 0.6 is 0 Å². The van der Waals surface area contributed by atoms with Crippen LogP contribution in [0.1, 0.15) is 32.0 Å². The Bertz CT molecular complexity index is 576. The lowest BCUT2D eigenvalue weighted by Crippen LogP contribution is -2.38. The molecule has 1 aromatic carbocycles. The van der Waals surface area contributed by atoms with E-state index in [4.69, 9.17) is 0 Å². The maximum Gasteiger partial charge on any atom is 0.0705 e. The summed E-state index contributed by atoms with van der Waals surface area (Å²) >= 11 is 0. The minimum absolute atomic E-state index is 0.497. The lowest BCUT2D eigenvalue weighted by molar-refractivity contribution is 0.270. The predicted octanol–water partition coefficient (Wildman–Crippen LogP) is 3.36. The van der Waals surface area contributed by atoms with Gasteiger partial charge in [-0.05, 0) is 50.7 Å². The molecule has 3 heteroatoms. The Morgan fingerprint density at radius 1 is 1.14 bits per heavy atom. The fraction of sp³-hybridized carbons (Fsp3) is 0.500. The highest BCUT2D eigenvalue weighted by atomic mass is 15.1. The molecule has 114 valence electrons. The Hall–Kier alpha value is -1.45. The van der Waals surface area contributed by atoms with Gasteiger partial charge in [0.15, 0.2) is 0 Å². The quantitative estimate of drug-likeness (QED) is 0.845. The molecular formula is C18H27N3. The zero-order valence-corrected chi connectivity index (χ0v) is 13.7. The third-order valence-electron chi connectivity index (χ3n) is 3.97. The van der Waals surface area contributed by atoms with Crippen molar-refractivity contribution in [3.8, 4) is 0 Å². The Morgan fingerprint density at radius 2 is 1.90 bits per heavy atom. The molecule has 1 unspecified atom stereocenters. The first kappa shape index (κ1) is 15.9. The van der Waals surface area contributed by atoms with Gasteiger partial charge in [0.25, 0.3) is 0 Å². The highest BCUT2D eigenvalue weighted by Crippen LogP contribution is 2.14. The van der Waals surface area contributed by atoms with Crippen LogP contribution in [0.15, 0.2) is 30.3 Å². The molecule has 0 aliphatic heterocycles. The average molecular weight is 285 g/mol. The number of pyridine rings is 1. The van der Waals surface area contributed by atoms with Crippen LogP contribution in [0, 0.1) is 6.92 Å². The molecule has 0 amide bonds. The second kappa shape index (κ2) is 7.53. The van der Waals surface area contributed by atoms with E-state index in [9.17, 15) is 0 Å². The van der Waals surface area contributed by atoms with Crippen molar-refractivity contribution in [2.45, 2.75) is 40.3 Å². The van der Waals surface area contributed by atoms with E-state index >= 15 is 0 Å². The van der Waals surface area contributed by atoms with E-state index in [0.717, 1.165) is 37.4 Å². The molecule has 1 heterocycles. The van der Waals surface area contributed by atoms with E-state index in [1.165, 1.54) is 10.9 Å². The van der Waals surface area contributed by atoms with Crippen LogP contribution in [0.25, 0.3) is 10.9 Å². The summed E-state index contributed by atoms with van der Waals surface area (Å²) in [5.74, 6) is 0. The molecule has 1 N–H and O–H groups in total. The number of aryl methyl sites for hydroxylation is 1. The number of hydrogen-bond donors (Lipinski definition) is 1. The molecule has 2 rings (SSSR count). The molecule has 21 heavy (non-hydrogen) atoms. The van der Waals surface area contributed by atoms with Gasteiger partial charge in [0.05, 0.1) is 5.52 Å². The van der Waals surface area contributed by atoms with Gasteiger partial charge < -0.3 is 10.2 Å². The SMILES string of the molecule is CCN(CC)CC(C)NCc1ccc2nc(C)ccc2c1. The number of aromatic nitrogens is 1. The fourth-order valence-electron chi connectivity index (χ4n) is 2.61. The maximum atomic E-state index is 4.55. The van der Waals surface area contributed by atoms with E-state index < -0.39 is 0 Å². The molecule has 1 aromatic heterocycles. The van der Waals surface area contributed by atoms with Crippen LogP contribution in [0.5, 0.6) is 0 Å². The van der Waals surface area contributed by atoms with E-state index in [1.807, 2.05) is 6.92 Å². The molecule has 1 atom stereocenters. The van der Waals surface area contributed by atoms with Gasteiger partial charge in [0.1, 0.15) is 0 Å². The summed E-state index contributed by atoms with van der Waals surface area (Å²) in [5.41, 5.74) is 3.47. The van der Waals surface area contributed by atoms with E-state index in [1.54, 1.807) is 0 Å². The number of likely N-dealkylation sites (N-methyl/N-ethyl adjacent to an activating group) is 1. The zero-order chi connectivity index (χ0) is 15.2. The lowest BCUT2D eigenvalue weighted by atomic mass is 10.1. The van der Waals surface area contributed by atoms with E-state index in [0.29, 0.717) is 6.04 Å². The summed E-state index contributed by atoms with van der Waals surface area (Å²) in [4.78, 5) is 7.00. The summed E-state index contributed by atoms with van der Waals surface area (Å²) < 4.78 is 0. The van der Waals surface area contributed by atoms with Gasteiger partial charge in [-0.25, -0.2) is 0 Å². The van der Waals surface area contributed by atoms with Gasteiger partial charge in [-0.15, -0.1) is 0 Å². The Kier molecular flexibility index (Phi) is 5.71. The molecule has 0 aliphatic carbocycles. The molecule has 0 radical (unpaired) electrons. The number of hydrogen-bond acceptors (Lipinski definition) is 3. The molecule has 0 saturated heterocycles. The first-order chi connectivity index (χ1) is 10.1. The van der Waals surface area contributed by atoms with Gasteiger partial charge in [-0.2, -0.15) is 0 Å². The number of benzene rings is 1. The van der Waals surface area contributed by atoms with Gasteiger partial charge in [0, 0.05) is 30.2 Å². The normalized spacial score (nSPS) is 13.0. The standard InChI is InChI=1S/C18H27N3/c1-5-21(6-2)13-15(4)19-12-16-8-10-18-17(11-16)9-7-14(3)20-18/h7-11,15,19H,5-6,12-13H2,1-4H3. The predicted molar refractivity (Wildman–Crippen MR) is 90.6 cm³/mol. The van der Waals surface area contributed by atoms with Crippen molar-refractivity contribution in [2.75, 3.05) is 19.6 Å². The van der Waals surface area contributed by atoms with Crippen LogP contribution < -0.4 is 5.32 Å². The minimum atomic E-state index is 0.497. The summed E-state index contributed by atoms with van der Waals surface area (Å²) in [6.07, 6.45) is 0. The summed E-state index contributed by atoms with van der Waals surface area (Å²) in [6.45, 7) is 13.0. The Balaban J connectivity index is 1.95. The highest BCUT2D eigenvalue weighted by Gasteiger charge is 2.06. The minimum Gasteiger partial charge on any atom is -0.309 e. The van der Waals surface area contributed by atoms with Crippen molar-refractivity contribution < 1.29 is 0 Å². The van der Waals surface area contributed by atoms with Crippen molar-refractivity contribution in [2.24, 2.45) is 0 Å². The number of fused-ring (bicyclic) bond motifs is 1. The highest BCUT2D eigenvalue weighted by molar-refractivity contribution is 5.79. The second-order valence-electron chi connectivity index (χ2n) is 5.75. The largest absolute Gasteiger partial charge is 0.309 e. The van der Waals surface area contributed by atoms with Gasteiger partial charge in [-0.3, -0.25) is 4.98 Å². The van der Waals surface area contributed by atoms with Crippen molar-refractivity contribution in [1.82, 2.24) is 15.2 Å². The summed E-state index contributed by atoms with van der Waals surface area (Å²) in [6, 6.07) is 11.2. The summed E-state index contributed by atoms with van der Waals surface area (Å²) in [5, 5.41) is 4.83. The molecule has 0 saturated carbocycles. The molecule has 2 aromatic rings. The smallest absolute Gasteiger partial charge is 0.0705 e. The van der Waals surface area contributed by atoms with Crippen molar-refractivity contribution in [3.63, 3.8) is 0 Å². The third-order valence-corrected chi connectivity index (χ3v) is 3.97. The molecule has 0 spiro atoms. The monoisotopic (exact) mass is 285 g/mol. The van der Waals surface area contributed by atoms with Crippen LogP contribution in [0.4, 0.5) is 0 Å². The second-order valence-corrected chi connectivity index (χ2v) is 5.75. The maximum absolute atomic E-state index is 4.55. The Morgan fingerprint density at radius 3 is 2.62 bits per heavy atom. The van der Waals surface area contributed by atoms with E-state index in [-0.39, 0.29) is 0 Å². The fourth-order valence-corrected chi connectivity index (χ4v) is 2.61. The zero-order valence-electron chi connectivity index (χ0n) is 13.7. The lowest BCUT2D eigenvalue weighted by Gasteiger charge is -2.23. The van der Waals surface area contributed by atoms with Gasteiger partial charge >= 0.3 is 0 Å². The van der Waals surface area contributed by atoms with Gasteiger partial charge in [0.2, 0.25) is 0 Å². The molecule has 0 bridgehead atoms. The number of rotatable bonds is 7. The van der Waals surface area contributed by atoms with Crippen LogP contribution in [-0.4, -0.2) is 35.6 Å². The van der Waals surface area contributed by atoms with Crippen molar-refractivity contribution >= 4 is 10.9 Å². The first-order valence-corrected chi connectivity index (χ1v) is 7.94. The van der Waals surface area contributed by atoms with Crippen molar-refractivity contribution in [3.05, 3.63) is 41.6 Å². The topological polar surface area (TPSA) is 28.2 Å². The Labute approximate surface area is 128 Å². The van der Waals surface area contributed by atoms with Crippen LogP contribution in [0.2, 0.25) is 0 Å². The van der Waals surface area contributed by atoms with Gasteiger partial charge in [-0.1, -0.05) is 26.0 Å². The molecule has 0 aliphatic rings. The molecule has 3 nitrogen and oxygen atoms in total. The first-order valence-electron chi connectivity index (χ1n) is 7.94. The number of nitrogens with zero attached hydrogens (tertiary/aromatic N) is 2. The van der Waals surface area contributed by atoms with E-state index in [2.05, 4.69) is 66.3 Å². The van der Waals surface area contributed by atoms with Crippen LogP contribution in [-0.2, 0) is 6.54 Å².